The van der Waals surface area contributed by atoms with Crippen LogP contribution >= 0.6 is 0 Å². The minimum atomic E-state index is -0.0353. The van der Waals surface area contributed by atoms with Gasteiger partial charge in [-0.15, -0.1) is 0 Å². The van der Waals surface area contributed by atoms with Crippen LogP contribution in [0, 0.1) is 0 Å². The lowest BCUT2D eigenvalue weighted by atomic mass is 9.75. The average molecular weight is 364 g/mol. The summed E-state index contributed by atoms with van der Waals surface area (Å²) in [6.45, 7) is 17.2. The van der Waals surface area contributed by atoms with Crippen LogP contribution in [0.3, 0.4) is 0 Å². The van der Waals surface area contributed by atoms with Gasteiger partial charge >= 0.3 is 0 Å². The molecule has 0 aliphatic heterocycles. The maximum Gasteiger partial charge on any atom is 0.287 e. The summed E-state index contributed by atoms with van der Waals surface area (Å²) < 4.78 is 5.89. The van der Waals surface area contributed by atoms with Crippen LogP contribution in [0.4, 0.5) is 5.69 Å². The topological polar surface area (TPSA) is 34.5 Å². The lowest BCUT2D eigenvalue weighted by Crippen LogP contribution is -2.13. The highest BCUT2D eigenvalue weighted by Gasteiger charge is 2.15. The number of rotatable bonds is 7. The molecule has 1 heterocycles. The molecule has 1 unspecified atom stereocenters. The first-order valence-corrected chi connectivity index (χ1v) is 10.0. The number of para-hydroxylation sites is 1. The monoisotopic (exact) mass is 364 g/mol. The molecule has 0 fully saturated rings. The summed E-state index contributed by atoms with van der Waals surface area (Å²) in [7, 11) is 0. The molecule has 2 aromatic rings. The molecule has 144 valence electrons. The molecule has 0 amide bonds. The summed E-state index contributed by atoms with van der Waals surface area (Å²) in [4.78, 5) is 9.86. The van der Waals surface area contributed by atoms with E-state index in [1.807, 2.05) is 45.7 Å². The average Bonchev–Trinajstić information content (AvgIpc) is 2.61. The number of hydrogen-bond donors (Lipinski definition) is 0. The summed E-state index contributed by atoms with van der Waals surface area (Å²) in [5.74, 6) is 0.850. The van der Waals surface area contributed by atoms with Crippen LogP contribution in [0.5, 0.6) is 0 Å². The van der Waals surface area contributed by atoms with Crippen molar-refractivity contribution in [2.75, 3.05) is 0 Å². The Kier molecular flexibility index (Phi) is 7.37. The van der Waals surface area contributed by atoms with Crippen LogP contribution < -0.4 is 0 Å². The van der Waals surface area contributed by atoms with Crippen LogP contribution in [-0.2, 0) is 4.65 Å². The molecule has 0 bridgehead atoms. The van der Waals surface area contributed by atoms with Gasteiger partial charge in [0.25, 0.3) is 6.92 Å². The molecule has 0 saturated heterocycles. The van der Waals surface area contributed by atoms with Gasteiger partial charge in [0.15, 0.2) is 0 Å². The van der Waals surface area contributed by atoms with E-state index < -0.39 is 0 Å². The van der Waals surface area contributed by atoms with E-state index in [1.54, 1.807) is 0 Å². The van der Waals surface area contributed by atoms with Crippen molar-refractivity contribution in [1.82, 2.24) is 4.98 Å². The van der Waals surface area contributed by atoms with Gasteiger partial charge in [0.05, 0.1) is 28.9 Å². The number of pyridine rings is 1. The summed E-state index contributed by atoms with van der Waals surface area (Å²) in [5.41, 5.74) is 6.45. The van der Waals surface area contributed by atoms with E-state index in [1.165, 1.54) is 11.1 Å². The van der Waals surface area contributed by atoms with E-state index in [9.17, 15) is 0 Å². The van der Waals surface area contributed by atoms with E-state index in [0.29, 0.717) is 11.8 Å². The molecule has 4 heteroatoms. The molecule has 0 saturated carbocycles. The Balaban J connectivity index is 2.47. The first kappa shape index (κ1) is 21.4. The minimum absolute atomic E-state index is 0.0353. The van der Waals surface area contributed by atoms with Crippen molar-refractivity contribution in [2.24, 2.45) is 4.99 Å². The fourth-order valence-electron chi connectivity index (χ4n) is 3.22. The van der Waals surface area contributed by atoms with Gasteiger partial charge in [0, 0.05) is 0 Å². The van der Waals surface area contributed by atoms with Gasteiger partial charge in [-0.3, -0.25) is 4.99 Å². The quantitative estimate of drug-likeness (QED) is 0.400. The molecule has 0 N–H and O–H groups in total. The predicted octanol–water partition coefficient (Wildman–Crippen LogP) is 6.80. The Labute approximate surface area is 165 Å². The predicted molar refractivity (Wildman–Crippen MR) is 118 cm³/mol. The van der Waals surface area contributed by atoms with Crippen molar-refractivity contribution in [2.45, 2.75) is 73.1 Å². The number of nitrogens with zero attached hydrogens (tertiary/aromatic N) is 2. The van der Waals surface area contributed by atoms with Crippen molar-refractivity contribution < 1.29 is 4.65 Å². The Hall–Kier alpha value is -1.94. The molecule has 0 aliphatic carbocycles. The second-order valence-electron chi connectivity index (χ2n) is 8.07. The lowest BCUT2D eigenvalue weighted by Gasteiger charge is -2.18. The Morgan fingerprint density at radius 2 is 1.48 bits per heavy atom. The van der Waals surface area contributed by atoms with E-state index in [2.05, 4.69) is 45.9 Å². The molecule has 0 aliphatic rings. The summed E-state index contributed by atoms with van der Waals surface area (Å²) in [5, 5.41) is 0. The molecule has 0 radical (unpaired) electrons. The second-order valence-corrected chi connectivity index (χ2v) is 8.07. The van der Waals surface area contributed by atoms with Gasteiger partial charge in [-0.1, -0.05) is 65.6 Å². The second kappa shape index (κ2) is 9.32. The van der Waals surface area contributed by atoms with Crippen LogP contribution in [0.15, 0.2) is 41.4 Å². The fraction of sp³-hybridized carbons (Fsp3) is 0.478. The summed E-state index contributed by atoms with van der Waals surface area (Å²) in [6, 6.07) is 12.6. The standard InChI is InChI=1S/C23H33BN2O/c1-15(2)19-11-9-12-20(16(3)4)23(19)25-17(5)21-13-10-14-22(26-21)18(6)27-24(7)8/h9-16,18H,1-8H3/b25-17+. The highest BCUT2D eigenvalue weighted by Crippen LogP contribution is 2.35. The number of aliphatic imine (C=N–C) groups is 1. The van der Waals surface area contributed by atoms with Gasteiger partial charge in [-0.05, 0) is 48.9 Å². The van der Waals surface area contributed by atoms with E-state index >= 15 is 0 Å². The van der Waals surface area contributed by atoms with Crippen molar-refractivity contribution in [3.8, 4) is 0 Å². The number of aromatic nitrogens is 1. The molecule has 27 heavy (non-hydrogen) atoms. The normalized spacial score (nSPS) is 13.3. The number of hydrogen-bond acceptors (Lipinski definition) is 3. The molecule has 1 aromatic heterocycles. The van der Waals surface area contributed by atoms with Crippen LogP contribution in [0.25, 0.3) is 0 Å². The van der Waals surface area contributed by atoms with Gasteiger partial charge < -0.3 is 4.65 Å². The smallest absolute Gasteiger partial charge is 0.287 e. The Morgan fingerprint density at radius 3 is 2.00 bits per heavy atom. The maximum atomic E-state index is 5.89. The van der Waals surface area contributed by atoms with Crippen molar-refractivity contribution in [1.29, 1.82) is 0 Å². The van der Waals surface area contributed by atoms with Gasteiger partial charge in [0.1, 0.15) is 0 Å². The molecule has 2 rings (SSSR count). The van der Waals surface area contributed by atoms with Crippen LogP contribution in [-0.4, -0.2) is 17.6 Å². The maximum absolute atomic E-state index is 5.89. The summed E-state index contributed by atoms with van der Waals surface area (Å²) in [6.07, 6.45) is -0.0353. The molecule has 1 aromatic carbocycles. The first-order valence-electron chi connectivity index (χ1n) is 10.0. The Bertz CT molecular complexity index is 770. The highest BCUT2D eigenvalue weighted by molar-refractivity contribution is 6.48. The third-order valence-corrected chi connectivity index (χ3v) is 4.66. The van der Waals surface area contributed by atoms with Crippen molar-refractivity contribution >= 4 is 18.3 Å². The van der Waals surface area contributed by atoms with E-state index in [0.717, 1.165) is 22.8 Å². The third-order valence-electron chi connectivity index (χ3n) is 4.66. The van der Waals surface area contributed by atoms with Gasteiger partial charge in [0.2, 0.25) is 0 Å². The number of benzene rings is 1. The zero-order chi connectivity index (χ0) is 20.1. The molecular weight excluding hydrogens is 331 g/mol. The van der Waals surface area contributed by atoms with Gasteiger partial charge in [-0.2, -0.15) is 0 Å². The van der Waals surface area contributed by atoms with E-state index in [-0.39, 0.29) is 13.0 Å². The van der Waals surface area contributed by atoms with Crippen molar-refractivity contribution in [3.05, 3.63) is 58.9 Å². The summed E-state index contributed by atoms with van der Waals surface area (Å²) >= 11 is 0. The molecule has 1 atom stereocenters. The minimum Gasteiger partial charge on any atom is -0.429 e. The van der Waals surface area contributed by atoms with Crippen molar-refractivity contribution in [3.63, 3.8) is 0 Å². The van der Waals surface area contributed by atoms with Gasteiger partial charge in [-0.25, -0.2) is 4.98 Å². The molecule has 3 nitrogen and oxygen atoms in total. The van der Waals surface area contributed by atoms with Crippen LogP contribution in [0.2, 0.25) is 13.6 Å². The molecular formula is C23H33BN2O. The zero-order valence-corrected chi connectivity index (χ0v) is 18.1. The van der Waals surface area contributed by atoms with Crippen LogP contribution in [0.1, 0.15) is 82.0 Å². The molecule has 0 spiro atoms. The zero-order valence-electron chi connectivity index (χ0n) is 18.1. The third kappa shape index (κ3) is 5.52. The first-order chi connectivity index (χ1) is 12.7. The van der Waals surface area contributed by atoms with E-state index in [4.69, 9.17) is 14.6 Å². The largest absolute Gasteiger partial charge is 0.429 e. The highest BCUT2D eigenvalue weighted by atomic mass is 16.4. The lowest BCUT2D eigenvalue weighted by molar-refractivity contribution is 0.226. The SMILES string of the molecule is CB(C)OC(C)c1cccc(/C(C)=N/c2c(C(C)C)cccc2C(C)C)n1. The Morgan fingerprint density at radius 1 is 0.926 bits per heavy atom. The fourth-order valence-corrected chi connectivity index (χ4v) is 3.22.